The zero-order valence-electron chi connectivity index (χ0n) is 10.8. The van der Waals surface area contributed by atoms with Gasteiger partial charge in [-0.15, -0.1) is 0 Å². The molecule has 20 heavy (non-hydrogen) atoms. The molecular formula is C14H13ClF2N2O. The third-order valence-corrected chi connectivity index (χ3v) is 2.69. The molecule has 0 aliphatic heterocycles. The van der Waals surface area contributed by atoms with Gasteiger partial charge in [0.2, 0.25) is 0 Å². The van der Waals surface area contributed by atoms with Gasteiger partial charge < -0.3 is 10.1 Å². The fourth-order valence-electron chi connectivity index (χ4n) is 1.53. The van der Waals surface area contributed by atoms with Gasteiger partial charge in [0, 0.05) is 17.6 Å². The van der Waals surface area contributed by atoms with Crippen LogP contribution in [0.5, 0.6) is 11.6 Å². The number of nitrogens with one attached hydrogen (secondary N) is 1. The van der Waals surface area contributed by atoms with Gasteiger partial charge in [-0.3, -0.25) is 0 Å². The Labute approximate surface area is 120 Å². The molecule has 0 radical (unpaired) electrons. The van der Waals surface area contributed by atoms with Crippen molar-refractivity contribution in [3.05, 3.63) is 47.0 Å². The first kappa shape index (κ1) is 14.5. The molecule has 0 saturated carbocycles. The predicted octanol–water partition coefficient (Wildman–Crippen LogP) is 4.63. The first-order valence-corrected chi connectivity index (χ1v) is 6.51. The Balaban J connectivity index is 2.26. The second-order valence-electron chi connectivity index (χ2n) is 4.09. The van der Waals surface area contributed by atoms with Crippen LogP contribution in [-0.4, -0.2) is 11.5 Å². The van der Waals surface area contributed by atoms with Crippen LogP contribution in [0.2, 0.25) is 5.02 Å². The van der Waals surface area contributed by atoms with Crippen LogP contribution in [0, 0.1) is 11.6 Å². The van der Waals surface area contributed by atoms with E-state index in [1.165, 1.54) is 6.07 Å². The molecule has 1 heterocycles. The van der Waals surface area contributed by atoms with Gasteiger partial charge in [0.05, 0.1) is 0 Å². The summed E-state index contributed by atoms with van der Waals surface area (Å²) in [5.74, 6) is -1.63. The van der Waals surface area contributed by atoms with Gasteiger partial charge in [-0.2, -0.15) is 4.98 Å². The topological polar surface area (TPSA) is 34.2 Å². The van der Waals surface area contributed by atoms with Crippen LogP contribution in [-0.2, 0) is 0 Å². The molecule has 1 aromatic carbocycles. The Kier molecular flexibility index (Phi) is 4.74. The van der Waals surface area contributed by atoms with Crippen molar-refractivity contribution in [3.63, 3.8) is 0 Å². The average molecular weight is 299 g/mol. The first-order valence-electron chi connectivity index (χ1n) is 6.13. The second-order valence-corrected chi connectivity index (χ2v) is 4.53. The number of anilines is 1. The van der Waals surface area contributed by atoms with E-state index >= 15 is 0 Å². The minimum absolute atomic E-state index is 0.0368. The quantitative estimate of drug-likeness (QED) is 0.874. The van der Waals surface area contributed by atoms with E-state index in [-0.39, 0.29) is 11.7 Å². The number of nitrogens with zero attached hydrogens (tertiary/aromatic N) is 1. The molecule has 2 aromatic rings. The van der Waals surface area contributed by atoms with Crippen molar-refractivity contribution >= 4 is 17.4 Å². The standard InChI is InChI=1S/C14H13ClF2N2O/c1-2-6-18-13-11(16)8-12(17)14(19-13)20-10-5-3-4-9(15)7-10/h3-5,7-8H,2,6H2,1H3,(H,18,19). The lowest BCUT2D eigenvalue weighted by molar-refractivity contribution is 0.418. The molecule has 3 nitrogen and oxygen atoms in total. The largest absolute Gasteiger partial charge is 0.436 e. The number of halogens is 3. The number of ether oxygens (including phenoxy) is 1. The van der Waals surface area contributed by atoms with E-state index in [9.17, 15) is 8.78 Å². The van der Waals surface area contributed by atoms with Crippen molar-refractivity contribution in [2.75, 3.05) is 11.9 Å². The zero-order valence-corrected chi connectivity index (χ0v) is 11.5. The molecule has 1 aromatic heterocycles. The van der Waals surface area contributed by atoms with E-state index in [1.54, 1.807) is 18.2 Å². The second kappa shape index (κ2) is 6.52. The maximum atomic E-state index is 13.7. The number of rotatable bonds is 5. The number of benzene rings is 1. The smallest absolute Gasteiger partial charge is 0.258 e. The maximum absolute atomic E-state index is 13.7. The Morgan fingerprint density at radius 3 is 2.75 bits per heavy atom. The van der Waals surface area contributed by atoms with Crippen LogP contribution in [0.1, 0.15) is 13.3 Å². The van der Waals surface area contributed by atoms with Crippen LogP contribution in [0.15, 0.2) is 30.3 Å². The monoisotopic (exact) mass is 298 g/mol. The van der Waals surface area contributed by atoms with Crippen molar-refractivity contribution in [1.82, 2.24) is 4.98 Å². The summed E-state index contributed by atoms with van der Waals surface area (Å²) >= 11 is 5.81. The summed E-state index contributed by atoms with van der Waals surface area (Å²) < 4.78 is 32.5. The van der Waals surface area contributed by atoms with Gasteiger partial charge in [-0.1, -0.05) is 24.6 Å². The van der Waals surface area contributed by atoms with E-state index in [0.29, 0.717) is 17.3 Å². The summed E-state index contributed by atoms with van der Waals surface area (Å²) in [6.07, 6.45) is 0.795. The van der Waals surface area contributed by atoms with Gasteiger partial charge in [0.1, 0.15) is 5.75 Å². The number of hydrogen-bond donors (Lipinski definition) is 1. The third-order valence-electron chi connectivity index (χ3n) is 2.45. The molecule has 0 bridgehead atoms. The van der Waals surface area contributed by atoms with E-state index in [1.807, 2.05) is 6.92 Å². The predicted molar refractivity (Wildman–Crippen MR) is 74.5 cm³/mol. The van der Waals surface area contributed by atoms with Gasteiger partial charge in [0.25, 0.3) is 5.88 Å². The highest BCUT2D eigenvalue weighted by atomic mass is 35.5. The van der Waals surface area contributed by atoms with Crippen LogP contribution >= 0.6 is 11.6 Å². The molecule has 0 atom stereocenters. The molecule has 106 valence electrons. The molecule has 0 saturated heterocycles. The maximum Gasteiger partial charge on any atom is 0.258 e. The van der Waals surface area contributed by atoms with Gasteiger partial charge in [-0.25, -0.2) is 8.78 Å². The molecule has 0 aliphatic rings. The van der Waals surface area contributed by atoms with E-state index in [2.05, 4.69) is 10.3 Å². The molecule has 0 spiro atoms. The molecule has 0 unspecified atom stereocenters. The summed E-state index contributed by atoms with van der Waals surface area (Å²) in [4.78, 5) is 3.81. The van der Waals surface area contributed by atoms with Crippen molar-refractivity contribution in [1.29, 1.82) is 0 Å². The lowest BCUT2D eigenvalue weighted by Crippen LogP contribution is -2.06. The molecule has 2 rings (SSSR count). The molecule has 6 heteroatoms. The van der Waals surface area contributed by atoms with Gasteiger partial charge >= 0.3 is 0 Å². The summed E-state index contributed by atoms with van der Waals surface area (Å²) in [5.41, 5.74) is 0. The molecular weight excluding hydrogens is 286 g/mol. The Morgan fingerprint density at radius 2 is 2.05 bits per heavy atom. The SMILES string of the molecule is CCCNc1nc(Oc2cccc(Cl)c2)c(F)cc1F. The highest BCUT2D eigenvalue weighted by Crippen LogP contribution is 2.27. The number of hydrogen-bond acceptors (Lipinski definition) is 3. The van der Waals surface area contributed by atoms with Crippen LogP contribution in [0.25, 0.3) is 0 Å². The fourth-order valence-corrected chi connectivity index (χ4v) is 1.71. The molecule has 1 N–H and O–H groups in total. The number of pyridine rings is 1. The van der Waals surface area contributed by atoms with Crippen LogP contribution in [0.4, 0.5) is 14.6 Å². The molecule has 0 amide bonds. The third kappa shape index (κ3) is 3.57. The zero-order chi connectivity index (χ0) is 14.5. The normalized spacial score (nSPS) is 10.4. The van der Waals surface area contributed by atoms with Gasteiger partial charge in [0.15, 0.2) is 17.5 Å². The summed E-state index contributed by atoms with van der Waals surface area (Å²) in [5, 5.41) is 3.22. The minimum atomic E-state index is -0.871. The lowest BCUT2D eigenvalue weighted by atomic mass is 10.3. The molecule has 0 aliphatic carbocycles. The summed E-state index contributed by atoms with van der Waals surface area (Å²) in [6.45, 7) is 2.46. The molecule has 0 fully saturated rings. The minimum Gasteiger partial charge on any atom is -0.436 e. The van der Waals surface area contributed by atoms with Crippen LogP contribution in [0.3, 0.4) is 0 Å². The number of aromatic nitrogens is 1. The lowest BCUT2D eigenvalue weighted by Gasteiger charge is -2.10. The van der Waals surface area contributed by atoms with Crippen molar-refractivity contribution < 1.29 is 13.5 Å². The summed E-state index contributed by atoms with van der Waals surface area (Å²) in [6, 6.07) is 7.19. The first-order chi connectivity index (χ1) is 9.60. The van der Waals surface area contributed by atoms with E-state index in [4.69, 9.17) is 16.3 Å². The fraction of sp³-hybridized carbons (Fsp3) is 0.214. The van der Waals surface area contributed by atoms with Crippen molar-refractivity contribution in [2.45, 2.75) is 13.3 Å². The van der Waals surface area contributed by atoms with Crippen LogP contribution < -0.4 is 10.1 Å². The highest BCUT2D eigenvalue weighted by Gasteiger charge is 2.13. The van der Waals surface area contributed by atoms with E-state index in [0.717, 1.165) is 12.5 Å². The van der Waals surface area contributed by atoms with E-state index < -0.39 is 11.6 Å². The Hall–Kier alpha value is -1.88. The Morgan fingerprint density at radius 1 is 1.25 bits per heavy atom. The Bertz CT molecular complexity index is 608. The van der Waals surface area contributed by atoms with Crippen molar-refractivity contribution in [3.8, 4) is 11.6 Å². The van der Waals surface area contributed by atoms with Crippen molar-refractivity contribution in [2.24, 2.45) is 0 Å². The average Bonchev–Trinajstić information content (AvgIpc) is 2.40. The highest BCUT2D eigenvalue weighted by molar-refractivity contribution is 6.30. The summed E-state index contributed by atoms with van der Waals surface area (Å²) in [7, 11) is 0. The van der Waals surface area contributed by atoms with Gasteiger partial charge in [-0.05, 0) is 24.6 Å².